The predicted molar refractivity (Wildman–Crippen MR) is 62.2 cm³/mol. The van der Waals surface area contributed by atoms with Crippen molar-refractivity contribution >= 4 is 18.4 Å². The fourth-order valence-corrected chi connectivity index (χ4v) is 1.37. The number of halogens is 1. The summed E-state index contributed by atoms with van der Waals surface area (Å²) in [6, 6.07) is 7.37. The molecular weight excluding hydrogens is 228 g/mol. The first-order valence-corrected chi connectivity index (χ1v) is 4.56. The molecule has 0 spiro atoms. The minimum absolute atomic E-state index is 0. The molecule has 0 aromatic carbocycles. The number of aromatic nitrogens is 2. The van der Waals surface area contributed by atoms with Gasteiger partial charge < -0.3 is 9.67 Å². The zero-order valence-corrected chi connectivity index (χ0v) is 9.22. The average Bonchev–Trinajstić information content (AvgIpc) is 2.67. The third-order valence-electron chi connectivity index (χ3n) is 2.02. The predicted octanol–water partition coefficient (Wildman–Crippen LogP) is 1.92. The van der Waals surface area contributed by atoms with Crippen LogP contribution in [0, 0.1) is 0 Å². The maximum atomic E-state index is 10.5. The number of carboxylic acid groups (broad SMARTS) is 1. The van der Waals surface area contributed by atoms with Gasteiger partial charge in [0.2, 0.25) is 0 Å². The van der Waals surface area contributed by atoms with Crippen LogP contribution in [-0.2, 0) is 11.2 Å². The molecule has 0 saturated carbocycles. The summed E-state index contributed by atoms with van der Waals surface area (Å²) >= 11 is 0. The van der Waals surface area contributed by atoms with Crippen LogP contribution in [0.3, 0.4) is 0 Å². The van der Waals surface area contributed by atoms with Gasteiger partial charge in [0.15, 0.2) is 0 Å². The highest BCUT2D eigenvalue weighted by Gasteiger charge is 2.03. The third-order valence-corrected chi connectivity index (χ3v) is 2.02. The second-order valence-electron chi connectivity index (χ2n) is 3.19. The zero-order valence-electron chi connectivity index (χ0n) is 8.41. The van der Waals surface area contributed by atoms with E-state index in [-0.39, 0.29) is 18.8 Å². The van der Waals surface area contributed by atoms with Gasteiger partial charge >= 0.3 is 5.97 Å². The fourth-order valence-electron chi connectivity index (χ4n) is 1.37. The second-order valence-corrected chi connectivity index (χ2v) is 3.19. The number of nitrogens with zero attached hydrogens (tertiary/aromatic N) is 2. The van der Waals surface area contributed by atoms with Gasteiger partial charge in [-0.15, -0.1) is 12.4 Å². The van der Waals surface area contributed by atoms with E-state index in [2.05, 4.69) is 4.98 Å². The third kappa shape index (κ3) is 2.84. The topological polar surface area (TPSA) is 55.1 Å². The summed E-state index contributed by atoms with van der Waals surface area (Å²) in [4.78, 5) is 14.6. The summed E-state index contributed by atoms with van der Waals surface area (Å²) in [5.74, 6) is -0.0390. The molecular formula is C11H11ClN2O2. The number of pyridine rings is 1. The molecule has 0 aliphatic heterocycles. The number of hydrogen-bond donors (Lipinski definition) is 1. The van der Waals surface area contributed by atoms with Crippen LogP contribution in [0.1, 0.15) is 5.56 Å². The molecule has 0 unspecified atom stereocenters. The molecule has 0 bridgehead atoms. The first kappa shape index (κ1) is 12.3. The minimum atomic E-state index is -0.825. The van der Waals surface area contributed by atoms with E-state index in [4.69, 9.17) is 5.11 Å². The summed E-state index contributed by atoms with van der Waals surface area (Å²) in [6.45, 7) is 0. The van der Waals surface area contributed by atoms with Gasteiger partial charge in [-0.3, -0.25) is 4.79 Å². The molecule has 2 rings (SSSR count). The van der Waals surface area contributed by atoms with Crippen molar-refractivity contribution in [3.63, 3.8) is 0 Å². The molecule has 2 heterocycles. The Morgan fingerprint density at radius 3 is 2.81 bits per heavy atom. The molecule has 0 fully saturated rings. The van der Waals surface area contributed by atoms with Crippen LogP contribution < -0.4 is 0 Å². The molecule has 0 atom stereocenters. The van der Waals surface area contributed by atoms with Gasteiger partial charge in [-0.05, 0) is 23.8 Å². The molecule has 0 amide bonds. The van der Waals surface area contributed by atoms with Crippen LogP contribution >= 0.6 is 12.4 Å². The number of aliphatic carboxylic acids is 1. The summed E-state index contributed by atoms with van der Waals surface area (Å²) < 4.78 is 1.80. The molecule has 2 aromatic heterocycles. The maximum Gasteiger partial charge on any atom is 0.307 e. The Morgan fingerprint density at radius 1 is 1.38 bits per heavy atom. The number of carbonyl (C=O) groups is 1. The van der Waals surface area contributed by atoms with Crippen molar-refractivity contribution in [2.75, 3.05) is 0 Å². The highest BCUT2D eigenvalue weighted by molar-refractivity contribution is 5.85. The molecule has 1 N–H and O–H groups in total. The van der Waals surface area contributed by atoms with Crippen LogP contribution in [0.2, 0.25) is 0 Å². The summed E-state index contributed by atoms with van der Waals surface area (Å²) in [6.07, 6.45) is 5.32. The highest BCUT2D eigenvalue weighted by atomic mass is 35.5. The van der Waals surface area contributed by atoms with Crippen LogP contribution in [0.15, 0.2) is 42.9 Å². The van der Waals surface area contributed by atoms with E-state index in [1.807, 2.05) is 18.2 Å². The molecule has 2 aromatic rings. The van der Waals surface area contributed by atoms with Crippen molar-refractivity contribution in [1.29, 1.82) is 0 Å². The zero-order chi connectivity index (χ0) is 10.7. The fraction of sp³-hybridized carbons (Fsp3) is 0.0909. The summed E-state index contributed by atoms with van der Waals surface area (Å²) in [5.41, 5.74) is 0.771. The normalized spacial score (nSPS) is 9.50. The lowest BCUT2D eigenvalue weighted by atomic mass is 10.2. The summed E-state index contributed by atoms with van der Waals surface area (Å²) in [5, 5.41) is 8.62. The van der Waals surface area contributed by atoms with Crippen molar-refractivity contribution in [2.24, 2.45) is 0 Å². The van der Waals surface area contributed by atoms with E-state index in [0.29, 0.717) is 0 Å². The highest BCUT2D eigenvalue weighted by Crippen LogP contribution is 2.08. The van der Waals surface area contributed by atoms with Gasteiger partial charge in [0.05, 0.1) is 6.42 Å². The van der Waals surface area contributed by atoms with Crippen molar-refractivity contribution < 1.29 is 9.90 Å². The molecule has 0 aliphatic rings. The first-order valence-electron chi connectivity index (χ1n) is 4.56. The Balaban J connectivity index is 0.00000128. The van der Waals surface area contributed by atoms with E-state index in [1.54, 1.807) is 29.2 Å². The minimum Gasteiger partial charge on any atom is -0.481 e. The van der Waals surface area contributed by atoms with E-state index in [1.165, 1.54) is 0 Å². The molecule has 0 radical (unpaired) electrons. The standard InChI is InChI=1S/C11H10N2O2.ClH/c14-11(15)7-9-4-6-13(8-9)10-3-1-2-5-12-10;/h1-6,8H,7H2,(H,14,15);1H. The van der Waals surface area contributed by atoms with Gasteiger partial charge in [0.25, 0.3) is 0 Å². The van der Waals surface area contributed by atoms with Crippen molar-refractivity contribution in [3.05, 3.63) is 48.4 Å². The molecule has 4 nitrogen and oxygen atoms in total. The van der Waals surface area contributed by atoms with Crippen molar-refractivity contribution in [2.45, 2.75) is 6.42 Å². The lowest BCUT2D eigenvalue weighted by molar-refractivity contribution is -0.136. The molecule has 5 heteroatoms. The average molecular weight is 239 g/mol. The van der Waals surface area contributed by atoms with Crippen LogP contribution in [0.4, 0.5) is 0 Å². The molecule has 16 heavy (non-hydrogen) atoms. The van der Waals surface area contributed by atoms with E-state index in [9.17, 15) is 4.79 Å². The van der Waals surface area contributed by atoms with Gasteiger partial charge in [0.1, 0.15) is 5.82 Å². The quantitative estimate of drug-likeness (QED) is 0.889. The monoisotopic (exact) mass is 238 g/mol. The Bertz CT molecular complexity index is 468. The lowest BCUT2D eigenvalue weighted by Crippen LogP contribution is -1.99. The van der Waals surface area contributed by atoms with Gasteiger partial charge in [-0.1, -0.05) is 6.07 Å². The lowest BCUT2D eigenvalue weighted by Gasteiger charge is -1.99. The number of hydrogen-bond acceptors (Lipinski definition) is 2. The first-order chi connectivity index (χ1) is 7.25. The second kappa shape index (κ2) is 5.32. The van der Waals surface area contributed by atoms with Crippen molar-refractivity contribution in [1.82, 2.24) is 9.55 Å². The van der Waals surface area contributed by atoms with E-state index >= 15 is 0 Å². The molecule has 0 aliphatic carbocycles. The van der Waals surface area contributed by atoms with Gasteiger partial charge in [-0.2, -0.15) is 0 Å². The maximum absolute atomic E-state index is 10.5. The smallest absolute Gasteiger partial charge is 0.307 e. The molecule has 0 saturated heterocycles. The van der Waals surface area contributed by atoms with Gasteiger partial charge in [0, 0.05) is 18.6 Å². The van der Waals surface area contributed by atoms with Gasteiger partial charge in [-0.25, -0.2) is 4.98 Å². The Kier molecular flexibility index (Phi) is 4.08. The number of rotatable bonds is 3. The Labute approximate surface area is 99.0 Å². The van der Waals surface area contributed by atoms with Crippen molar-refractivity contribution in [3.8, 4) is 5.82 Å². The van der Waals surface area contributed by atoms with Crippen LogP contribution in [0.25, 0.3) is 5.82 Å². The Morgan fingerprint density at radius 2 is 2.19 bits per heavy atom. The van der Waals surface area contributed by atoms with E-state index in [0.717, 1.165) is 11.4 Å². The van der Waals surface area contributed by atoms with Crippen LogP contribution in [0.5, 0.6) is 0 Å². The van der Waals surface area contributed by atoms with E-state index < -0.39 is 5.97 Å². The van der Waals surface area contributed by atoms with Crippen LogP contribution in [-0.4, -0.2) is 20.6 Å². The summed E-state index contributed by atoms with van der Waals surface area (Å²) in [7, 11) is 0. The SMILES string of the molecule is Cl.O=C(O)Cc1ccn(-c2ccccn2)c1. The molecule has 84 valence electrons. The Hall–Kier alpha value is -1.81. The number of carboxylic acids is 1. The largest absolute Gasteiger partial charge is 0.481 e.